The van der Waals surface area contributed by atoms with Crippen LogP contribution in [0.4, 0.5) is 10.2 Å². The number of methoxy groups -OCH3 is 1. The average Bonchev–Trinajstić information content (AvgIpc) is 3.00. The molecule has 0 bridgehead atoms. The number of piperazine rings is 1. The molecule has 4 aromatic rings. The lowest BCUT2D eigenvalue weighted by Gasteiger charge is -2.41. The molecule has 1 amide bonds. The zero-order valence-electron chi connectivity index (χ0n) is 25.5. The highest BCUT2D eigenvalue weighted by Crippen LogP contribution is 2.49. The van der Waals surface area contributed by atoms with Gasteiger partial charge in [0.05, 0.1) is 24.1 Å². The quantitative estimate of drug-likeness (QED) is 0.260. The van der Waals surface area contributed by atoms with E-state index < -0.39 is 11.5 Å². The Balaban J connectivity index is 1.67. The fourth-order valence-corrected chi connectivity index (χ4v) is 6.59. The first-order chi connectivity index (χ1) is 21.2. The van der Waals surface area contributed by atoms with Gasteiger partial charge in [0.25, 0.3) is 0 Å². The number of anilines is 1. The number of nitrogens with zero attached hydrogens (tertiary/aromatic N) is 5. The van der Waals surface area contributed by atoms with Gasteiger partial charge in [-0.3, -0.25) is 14.3 Å². The number of aryl methyl sites for hydroxylation is 1. The maximum absolute atomic E-state index is 16.5. The standard InChI is InChI=1S/C33H35ClFN5O4/c1-18(2)28-29(19(3)10-12-36-28)40-30-22(15-23(35)27-26-21(17-44-31(27)30)7-6-8-24(26)43-5)32(37-33(40)42)39-14-13-38(16-20(39)4)25(41)9-11-34/h6-8,10,12,15,18,20H,9,11,13-14,16-17H2,1-5H3/t20-/m0/s1. The summed E-state index contributed by atoms with van der Waals surface area (Å²) in [5.41, 5.74) is 3.65. The number of rotatable bonds is 6. The second kappa shape index (κ2) is 11.7. The molecule has 2 aromatic heterocycles. The third-order valence-electron chi connectivity index (χ3n) is 8.50. The van der Waals surface area contributed by atoms with E-state index in [9.17, 15) is 9.59 Å². The third kappa shape index (κ3) is 4.85. The van der Waals surface area contributed by atoms with E-state index in [4.69, 9.17) is 21.1 Å². The minimum atomic E-state index is -0.526. The van der Waals surface area contributed by atoms with Crippen molar-refractivity contribution >= 4 is 34.2 Å². The molecule has 0 saturated carbocycles. The first-order valence-electron chi connectivity index (χ1n) is 14.8. The van der Waals surface area contributed by atoms with Gasteiger partial charge in [0.1, 0.15) is 29.5 Å². The van der Waals surface area contributed by atoms with E-state index in [1.807, 2.05) is 50.8 Å². The van der Waals surface area contributed by atoms with Crippen molar-refractivity contribution in [2.24, 2.45) is 0 Å². The first kappa shape index (κ1) is 29.9. The number of ether oxygens (including phenoxy) is 2. The summed E-state index contributed by atoms with van der Waals surface area (Å²) < 4.78 is 30.0. The van der Waals surface area contributed by atoms with Crippen LogP contribution in [0, 0.1) is 12.7 Å². The molecular formula is C33H35ClFN5O4. The van der Waals surface area contributed by atoms with Crippen LogP contribution < -0.4 is 20.1 Å². The topological polar surface area (TPSA) is 89.8 Å². The molecule has 11 heteroatoms. The van der Waals surface area contributed by atoms with E-state index >= 15 is 4.39 Å². The van der Waals surface area contributed by atoms with E-state index in [0.29, 0.717) is 53.4 Å². The monoisotopic (exact) mass is 619 g/mol. The lowest BCUT2D eigenvalue weighted by Crippen LogP contribution is -2.54. The Morgan fingerprint density at radius 1 is 1.23 bits per heavy atom. The molecule has 1 fully saturated rings. The zero-order valence-corrected chi connectivity index (χ0v) is 26.2. The van der Waals surface area contributed by atoms with Gasteiger partial charge in [-0.1, -0.05) is 26.0 Å². The van der Waals surface area contributed by atoms with Crippen LogP contribution in [-0.4, -0.2) is 64.0 Å². The third-order valence-corrected chi connectivity index (χ3v) is 8.69. The first-order valence-corrected chi connectivity index (χ1v) is 15.3. The van der Waals surface area contributed by atoms with Crippen molar-refractivity contribution in [1.82, 2.24) is 19.4 Å². The molecule has 2 aliphatic rings. The number of halogens is 2. The summed E-state index contributed by atoms with van der Waals surface area (Å²) in [6.07, 6.45) is 1.98. The molecule has 6 rings (SSSR count). The van der Waals surface area contributed by atoms with E-state index in [1.54, 1.807) is 24.3 Å². The Labute approximate surface area is 260 Å². The Morgan fingerprint density at radius 3 is 2.73 bits per heavy atom. The van der Waals surface area contributed by atoms with Crippen LogP contribution in [-0.2, 0) is 11.4 Å². The van der Waals surface area contributed by atoms with E-state index in [-0.39, 0.29) is 48.1 Å². The largest absolute Gasteiger partial charge is 0.496 e. The molecule has 44 heavy (non-hydrogen) atoms. The van der Waals surface area contributed by atoms with Crippen LogP contribution >= 0.6 is 11.6 Å². The van der Waals surface area contributed by atoms with Crippen LogP contribution in [0.3, 0.4) is 0 Å². The smallest absolute Gasteiger partial charge is 0.354 e. The van der Waals surface area contributed by atoms with E-state index in [0.717, 1.165) is 16.8 Å². The number of pyridine rings is 1. The van der Waals surface area contributed by atoms with E-state index in [2.05, 4.69) is 9.97 Å². The minimum Gasteiger partial charge on any atom is -0.496 e. The van der Waals surface area contributed by atoms with Gasteiger partial charge in [-0.2, -0.15) is 4.98 Å². The fourth-order valence-electron chi connectivity index (χ4n) is 6.43. The predicted molar refractivity (Wildman–Crippen MR) is 169 cm³/mol. The van der Waals surface area contributed by atoms with E-state index in [1.165, 1.54) is 10.6 Å². The summed E-state index contributed by atoms with van der Waals surface area (Å²) in [5.74, 6) is 0.822. The predicted octanol–water partition coefficient (Wildman–Crippen LogP) is 5.59. The van der Waals surface area contributed by atoms with Crippen LogP contribution in [0.5, 0.6) is 11.5 Å². The molecular weight excluding hydrogens is 585 g/mol. The highest BCUT2D eigenvalue weighted by Gasteiger charge is 2.34. The van der Waals surface area contributed by atoms with Crippen LogP contribution in [0.1, 0.15) is 49.9 Å². The molecule has 0 radical (unpaired) electrons. The molecule has 4 heterocycles. The molecule has 2 aliphatic heterocycles. The lowest BCUT2D eigenvalue weighted by molar-refractivity contribution is -0.131. The number of hydrogen-bond acceptors (Lipinski definition) is 7. The summed E-state index contributed by atoms with van der Waals surface area (Å²) in [6, 6.07) is 8.61. The SMILES string of the molecule is COc1cccc2c1-c1c(F)cc3c(N4CCN(C(=O)CCCl)C[C@@H]4C)nc(=O)n(-c4c(C)ccnc4C(C)C)c3c1OC2. The van der Waals surface area contributed by atoms with Crippen molar-refractivity contribution < 1.29 is 18.7 Å². The summed E-state index contributed by atoms with van der Waals surface area (Å²) in [5, 5.41) is 0.435. The van der Waals surface area contributed by atoms with Crippen molar-refractivity contribution in [3.05, 3.63) is 69.7 Å². The van der Waals surface area contributed by atoms with Crippen molar-refractivity contribution in [1.29, 1.82) is 0 Å². The van der Waals surface area contributed by atoms with Crippen LogP contribution in [0.2, 0.25) is 0 Å². The van der Waals surface area contributed by atoms with Gasteiger partial charge >= 0.3 is 5.69 Å². The molecule has 2 aromatic carbocycles. The van der Waals surface area contributed by atoms with Gasteiger partial charge in [-0.25, -0.2) is 9.18 Å². The number of alkyl halides is 1. The Bertz CT molecular complexity index is 1830. The number of amides is 1. The van der Waals surface area contributed by atoms with Crippen LogP contribution in [0.15, 0.2) is 41.3 Å². The number of aromatic nitrogens is 3. The molecule has 1 atom stereocenters. The van der Waals surface area contributed by atoms with Gasteiger partial charge in [0.2, 0.25) is 5.91 Å². The summed E-state index contributed by atoms with van der Waals surface area (Å²) in [4.78, 5) is 39.9. The lowest BCUT2D eigenvalue weighted by atomic mass is 9.93. The Morgan fingerprint density at radius 2 is 2.02 bits per heavy atom. The molecule has 1 saturated heterocycles. The Kier molecular flexibility index (Phi) is 7.96. The fraction of sp³-hybridized carbons (Fsp3) is 0.394. The normalized spacial score (nSPS) is 16.1. The molecule has 0 spiro atoms. The number of carbonyl (C=O) groups excluding carboxylic acids is 1. The van der Waals surface area contributed by atoms with Gasteiger partial charge in [-0.05, 0) is 43.5 Å². The maximum Gasteiger partial charge on any atom is 0.354 e. The van der Waals surface area contributed by atoms with Gasteiger partial charge in [0.15, 0.2) is 5.75 Å². The molecule has 0 unspecified atom stereocenters. The number of benzene rings is 2. The molecule has 230 valence electrons. The van der Waals surface area contributed by atoms with Crippen molar-refractivity contribution in [3.63, 3.8) is 0 Å². The second-order valence-corrected chi connectivity index (χ2v) is 12.0. The van der Waals surface area contributed by atoms with Gasteiger partial charge < -0.3 is 19.3 Å². The van der Waals surface area contributed by atoms with Crippen molar-refractivity contribution in [2.75, 3.05) is 37.5 Å². The highest BCUT2D eigenvalue weighted by molar-refractivity contribution is 6.18. The summed E-state index contributed by atoms with van der Waals surface area (Å²) in [7, 11) is 1.55. The Hall–Kier alpha value is -4.18. The number of hydrogen-bond donors (Lipinski definition) is 0. The minimum absolute atomic E-state index is 0.0110. The highest BCUT2D eigenvalue weighted by atomic mass is 35.5. The maximum atomic E-state index is 16.5. The number of fused-ring (bicyclic) bond motifs is 5. The second-order valence-electron chi connectivity index (χ2n) is 11.6. The zero-order chi connectivity index (χ0) is 31.3. The summed E-state index contributed by atoms with van der Waals surface area (Å²) in [6.45, 7) is 9.36. The van der Waals surface area contributed by atoms with Gasteiger partial charge in [-0.15, -0.1) is 11.6 Å². The van der Waals surface area contributed by atoms with Gasteiger partial charge in [0, 0.05) is 60.7 Å². The molecule has 0 N–H and O–H groups in total. The molecule has 0 aliphatic carbocycles. The molecule has 9 nitrogen and oxygen atoms in total. The van der Waals surface area contributed by atoms with Crippen molar-refractivity contribution in [2.45, 2.75) is 52.7 Å². The average molecular weight is 620 g/mol. The van der Waals surface area contributed by atoms with Crippen LogP contribution in [0.25, 0.3) is 27.7 Å². The summed E-state index contributed by atoms with van der Waals surface area (Å²) >= 11 is 5.83. The van der Waals surface area contributed by atoms with Crippen molar-refractivity contribution in [3.8, 4) is 28.3 Å². The number of carbonyl (C=O) groups is 1.